The van der Waals surface area contributed by atoms with Crippen molar-refractivity contribution in [2.24, 2.45) is 0 Å². The van der Waals surface area contributed by atoms with Gasteiger partial charge in [0, 0.05) is 4.47 Å². The van der Waals surface area contributed by atoms with Gasteiger partial charge in [0.15, 0.2) is 0 Å². The summed E-state index contributed by atoms with van der Waals surface area (Å²) in [6.07, 6.45) is 5.01. The third kappa shape index (κ3) is 4.18. The SMILES string of the molecule is C#CCNC(=O)CNc1ccc(Br)cc1C#N. The predicted molar refractivity (Wildman–Crippen MR) is 69.2 cm³/mol. The Kier molecular flexibility index (Phi) is 5.06. The van der Waals surface area contributed by atoms with Gasteiger partial charge in [-0.1, -0.05) is 21.9 Å². The van der Waals surface area contributed by atoms with E-state index in [2.05, 4.69) is 32.5 Å². The molecule has 17 heavy (non-hydrogen) atoms. The molecule has 0 atom stereocenters. The zero-order valence-corrected chi connectivity index (χ0v) is 10.5. The van der Waals surface area contributed by atoms with Crippen LogP contribution in [0.5, 0.6) is 0 Å². The molecule has 0 aliphatic carbocycles. The van der Waals surface area contributed by atoms with Crippen LogP contribution in [0.4, 0.5) is 5.69 Å². The van der Waals surface area contributed by atoms with E-state index in [0.717, 1.165) is 4.47 Å². The number of nitrogens with one attached hydrogen (secondary N) is 2. The Bertz CT molecular complexity index is 499. The maximum atomic E-state index is 11.3. The highest BCUT2D eigenvalue weighted by Gasteiger charge is 2.04. The number of hydrogen-bond acceptors (Lipinski definition) is 3. The molecule has 0 saturated heterocycles. The number of rotatable bonds is 4. The lowest BCUT2D eigenvalue weighted by atomic mass is 10.2. The number of halogens is 1. The summed E-state index contributed by atoms with van der Waals surface area (Å²) in [5.74, 6) is 2.10. The van der Waals surface area contributed by atoms with Gasteiger partial charge in [-0.15, -0.1) is 6.42 Å². The van der Waals surface area contributed by atoms with E-state index in [1.54, 1.807) is 18.2 Å². The normalized spacial score (nSPS) is 8.88. The summed E-state index contributed by atoms with van der Waals surface area (Å²) >= 11 is 3.27. The molecule has 0 fully saturated rings. The van der Waals surface area contributed by atoms with Crippen LogP contribution in [0, 0.1) is 23.7 Å². The molecule has 1 aromatic carbocycles. The fourth-order valence-corrected chi connectivity index (χ4v) is 1.51. The Labute approximate surface area is 108 Å². The third-order valence-electron chi connectivity index (χ3n) is 1.93. The highest BCUT2D eigenvalue weighted by Crippen LogP contribution is 2.19. The molecular formula is C12H10BrN3O. The average molecular weight is 292 g/mol. The molecule has 2 N–H and O–H groups in total. The molecule has 1 aromatic rings. The Morgan fingerprint density at radius 2 is 2.29 bits per heavy atom. The van der Waals surface area contributed by atoms with Crippen LogP contribution >= 0.6 is 15.9 Å². The average Bonchev–Trinajstić information content (AvgIpc) is 2.34. The second-order valence-electron chi connectivity index (χ2n) is 3.14. The molecule has 0 unspecified atom stereocenters. The molecule has 5 heteroatoms. The molecule has 0 radical (unpaired) electrons. The maximum absolute atomic E-state index is 11.3. The van der Waals surface area contributed by atoms with Gasteiger partial charge in [0.05, 0.1) is 24.3 Å². The fourth-order valence-electron chi connectivity index (χ4n) is 1.15. The monoisotopic (exact) mass is 291 g/mol. The second-order valence-corrected chi connectivity index (χ2v) is 4.05. The van der Waals surface area contributed by atoms with Crippen molar-refractivity contribution in [3.63, 3.8) is 0 Å². The van der Waals surface area contributed by atoms with E-state index in [-0.39, 0.29) is 19.0 Å². The van der Waals surface area contributed by atoms with Gasteiger partial charge in [-0.2, -0.15) is 5.26 Å². The Balaban J connectivity index is 2.61. The molecule has 0 aliphatic heterocycles. The molecule has 1 rings (SSSR count). The van der Waals surface area contributed by atoms with Gasteiger partial charge >= 0.3 is 0 Å². The number of terminal acetylenes is 1. The van der Waals surface area contributed by atoms with E-state index in [4.69, 9.17) is 11.7 Å². The van der Waals surface area contributed by atoms with Crippen molar-refractivity contribution >= 4 is 27.5 Å². The maximum Gasteiger partial charge on any atom is 0.240 e. The van der Waals surface area contributed by atoms with Crippen LogP contribution < -0.4 is 10.6 Å². The lowest BCUT2D eigenvalue weighted by Crippen LogP contribution is -2.30. The number of carbonyl (C=O) groups excluding carboxylic acids is 1. The number of amides is 1. The van der Waals surface area contributed by atoms with Gasteiger partial charge in [0.25, 0.3) is 0 Å². The summed E-state index contributed by atoms with van der Waals surface area (Å²) in [6, 6.07) is 7.26. The number of carbonyl (C=O) groups is 1. The van der Waals surface area contributed by atoms with Crippen LogP contribution in [-0.2, 0) is 4.79 Å². The predicted octanol–water partition coefficient (Wildman–Crippen LogP) is 1.48. The lowest BCUT2D eigenvalue weighted by Gasteiger charge is -2.08. The van der Waals surface area contributed by atoms with Gasteiger partial charge in [0.2, 0.25) is 5.91 Å². The van der Waals surface area contributed by atoms with Crippen LogP contribution in [0.2, 0.25) is 0 Å². The number of hydrogen-bond donors (Lipinski definition) is 2. The summed E-state index contributed by atoms with van der Waals surface area (Å²) < 4.78 is 0.816. The summed E-state index contributed by atoms with van der Waals surface area (Å²) in [4.78, 5) is 11.3. The molecule has 0 bridgehead atoms. The van der Waals surface area contributed by atoms with Gasteiger partial charge in [0.1, 0.15) is 6.07 Å². The van der Waals surface area contributed by atoms with Crippen LogP contribution in [0.3, 0.4) is 0 Å². The van der Waals surface area contributed by atoms with E-state index in [1.165, 1.54) is 0 Å². The number of nitrogens with zero attached hydrogens (tertiary/aromatic N) is 1. The molecule has 0 aliphatic rings. The molecule has 4 nitrogen and oxygen atoms in total. The summed E-state index contributed by atoms with van der Waals surface area (Å²) in [5.41, 5.74) is 1.09. The van der Waals surface area contributed by atoms with Crippen LogP contribution in [0.1, 0.15) is 5.56 Å². The van der Waals surface area contributed by atoms with Crippen molar-refractivity contribution in [3.8, 4) is 18.4 Å². The minimum atomic E-state index is -0.213. The third-order valence-corrected chi connectivity index (χ3v) is 2.42. The number of nitriles is 1. The first-order valence-corrected chi connectivity index (χ1v) is 5.60. The molecule has 0 saturated carbocycles. The summed E-state index contributed by atoms with van der Waals surface area (Å²) in [6.45, 7) is 0.282. The first kappa shape index (κ1) is 13.1. The quantitative estimate of drug-likeness (QED) is 0.826. The topological polar surface area (TPSA) is 64.9 Å². The van der Waals surface area contributed by atoms with Crippen molar-refractivity contribution < 1.29 is 4.79 Å². The second kappa shape index (κ2) is 6.57. The zero-order chi connectivity index (χ0) is 12.7. The zero-order valence-electron chi connectivity index (χ0n) is 8.96. The minimum Gasteiger partial charge on any atom is -0.375 e. The van der Waals surface area contributed by atoms with Crippen molar-refractivity contribution in [2.45, 2.75) is 0 Å². The van der Waals surface area contributed by atoms with E-state index in [0.29, 0.717) is 11.3 Å². The number of anilines is 1. The Morgan fingerprint density at radius 3 is 2.94 bits per heavy atom. The van der Waals surface area contributed by atoms with E-state index < -0.39 is 0 Å². The van der Waals surface area contributed by atoms with Crippen LogP contribution in [0.15, 0.2) is 22.7 Å². The highest BCUT2D eigenvalue weighted by atomic mass is 79.9. The first-order chi connectivity index (χ1) is 8.17. The minimum absolute atomic E-state index is 0.0813. The molecule has 86 valence electrons. The van der Waals surface area contributed by atoms with Gasteiger partial charge in [-0.3, -0.25) is 4.79 Å². The van der Waals surface area contributed by atoms with Crippen molar-refractivity contribution in [2.75, 3.05) is 18.4 Å². The van der Waals surface area contributed by atoms with Crippen LogP contribution in [-0.4, -0.2) is 19.0 Å². The smallest absolute Gasteiger partial charge is 0.240 e. The lowest BCUT2D eigenvalue weighted by molar-refractivity contribution is -0.119. The Morgan fingerprint density at radius 1 is 1.53 bits per heavy atom. The highest BCUT2D eigenvalue weighted by molar-refractivity contribution is 9.10. The first-order valence-electron chi connectivity index (χ1n) is 4.81. The Hall–Kier alpha value is -1.98. The number of benzene rings is 1. The van der Waals surface area contributed by atoms with Crippen LogP contribution in [0.25, 0.3) is 0 Å². The van der Waals surface area contributed by atoms with Gasteiger partial charge in [-0.05, 0) is 18.2 Å². The largest absolute Gasteiger partial charge is 0.375 e. The molecule has 1 amide bonds. The summed E-state index contributed by atoms with van der Waals surface area (Å²) in [7, 11) is 0. The molecular weight excluding hydrogens is 282 g/mol. The fraction of sp³-hybridized carbons (Fsp3) is 0.167. The molecule has 0 heterocycles. The van der Waals surface area contributed by atoms with E-state index >= 15 is 0 Å². The van der Waals surface area contributed by atoms with E-state index in [9.17, 15) is 4.79 Å². The van der Waals surface area contributed by atoms with Gasteiger partial charge < -0.3 is 10.6 Å². The standard InChI is InChI=1S/C12H10BrN3O/c1-2-5-15-12(17)8-16-11-4-3-10(13)6-9(11)7-14/h1,3-4,6,16H,5,8H2,(H,15,17). The van der Waals surface area contributed by atoms with Crippen molar-refractivity contribution in [1.82, 2.24) is 5.32 Å². The van der Waals surface area contributed by atoms with E-state index in [1.807, 2.05) is 6.07 Å². The molecule has 0 spiro atoms. The van der Waals surface area contributed by atoms with Crippen molar-refractivity contribution in [1.29, 1.82) is 5.26 Å². The summed E-state index contributed by atoms with van der Waals surface area (Å²) in [5, 5.41) is 14.3. The van der Waals surface area contributed by atoms with Crippen molar-refractivity contribution in [3.05, 3.63) is 28.2 Å². The van der Waals surface area contributed by atoms with Gasteiger partial charge in [-0.25, -0.2) is 0 Å². The molecule has 0 aromatic heterocycles.